The van der Waals surface area contributed by atoms with Crippen LogP contribution >= 0.6 is 0 Å². The van der Waals surface area contributed by atoms with Crippen LogP contribution in [0.4, 0.5) is 11.4 Å². The molecular formula is C24H26N2O6S. The molecule has 0 aliphatic heterocycles. The molecule has 8 nitrogen and oxygen atoms in total. The Balaban J connectivity index is 1.57. The lowest BCUT2D eigenvalue weighted by atomic mass is 10.1. The fraction of sp³-hybridized carbons (Fsp3) is 0.208. The fourth-order valence-electron chi connectivity index (χ4n) is 3.11. The summed E-state index contributed by atoms with van der Waals surface area (Å²) in [5.74, 6) is 1.68. The normalized spacial score (nSPS) is 10.9. The minimum Gasteiger partial charge on any atom is -0.497 e. The standard InChI is InChI=1S/C24H26N2O6S/c1-30-20-10-6-19(7-11-20)26-33(28,29)21-12-8-18(9-13-21)25-24(27)15-5-17-4-14-22(31-2)23(16-17)32-3/h4,6-14,16,26H,5,15H2,1-3H3,(H,25,27). The van der Waals surface area contributed by atoms with Crippen molar-refractivity contribution in [3.8, 4) is 17.2 Å². The third-order valence-corrected chi connectivity index (χ3v) is 6.28. The summed E-state index contributed by atoms with van der Waals surface area (Å²) in [6.07, 6.45) is 0.777. The van der Waals surface area contributed by atoms with Crippen molar-refractivity contribution in [1.82, 2.24) is 0 Å². The van der Waals surface area contributed by atoms with Crippen LogP contribution in [-0.2, 0) is 21.2 Å². The Morgan fingerprint density at radius 3 is 2.03 bits per heavy atom. The minimum atomic E-state index is -3.76. The van der Waals surface area contributed by atoms with Crippen molar-refractivity contribution < 1.29 is 27.4 Å². The van der Waals surface area contributed by atoms with E-state index in [1.54, 1.807) is 56.7 Å². The van der Waals surface area contributed by atoms with Gasteiger partial charge in [-0.25, -0.2) is 8.42 Å². The van der Waals surface area contributed by atoms with E-state index in [9.17, 15) is 13.2 Å². The molecule has 0 radical (unpaired) electrons. The number of rotatable bonds is 10. The molecule has 1 amide bonds. The maximum absolute atomic E-state index is 12.6. The van der Waals surface area contributed by atoms with Crippen molar-refractivity contribution >= 4 is 27.3 Å². The average Bonchev–Trinajstić information content (AvgIpc) is 2.83. The second kappa shape index (κ2) is 10.7. The Hall–Kier alpha value is -3.72. The molecule has 0 saturated heterocycles. The summed E-state index contributed by atoms with van der Waals surface area (Å²) in [6, 6.07) is 18.1. The van der Waals surface area contributed by atoms with E-state index in [-0.39, 0.29) is 17.2 Å². The number of hydrogen-bond donors (Lipinski definition) is 2. The van der Waals surface area contributed by atoms with Crippen LogP contribution in [0.1, 0.15) is 12.0 Å². The maximum Gasteiger partial charge on any atom is 0.261 e. The van der Waals surface area contributed by atoms with Crippen molar-refractivity contribution in [2.45, 2.75) is 17.7 Å². The van der Waals surface area contributed by atoms with Crippen LogP contribution in [0.3, 0.4) is 0 Å². The first kappa shape index (κ1) is 23.9. The number of carbonyl (C=O) groups excluding carboxylic acids is 1. The van der Waals surface area contributed by atoms with Gasteiger partial charge in [0.25, 0.3) is 10.0 Å². The first-order valence-electron chi connectivity index (χ1n) is 10.1. The quantitative estimate of drug-likeness (QED) is 0.463. The summed E-state index contributed by atoms with van der Waals surface area (Å²) in [5.41, 5.74) is 1.87. The molecule has 3 rings (SSSR count). The summed E-state index contributed by atoms with van der Waals surface area (Å²) < 4.78 is 43.3. The molecule has 0 aliphatic carbocycles. The predicted octanol–water partition coefficient (Wildman–Crippen LogP) is 4.08. The SMILES string of the molecule is COc1ccc(NS(=O)(=O)c2ccc(NC(=O)CCc3ccc(OC)c(OC)c3)cc2)cc1. The number of benzene rings is 3. The first-order chi connectivity index (χ1) is 15.8. The van der Waals surface area contributed by atoms with Crippen LogP contribution in [0.5, 0.6) is 17.2 Å². The van der Waals surface area contributed by atoms with E-state index in [1.807, 2.05) is 12.1 Å². The summed E-state index contributed by atoms with van der Waals surface area (Å²) in [6.45, 7) is 0. The largest absolute Gasteiger partial charge is 0.497 e. The molecule has 0 fully saturated rings. The lowest BCUT2D eigenvalue weighted by Crippen LogP contribution is -2.14. The smallest absolute Gasteiger partial charge is 0.261 e. The highest BCUT2D eigenvalue weighted by molar-refractivity contribution is 7.92. The highest BCUT2D eigenvalue weighted by atomic mass is 32.2. The number of anilines is 2. The van der Waals surface area contributed by atoms with E-state index in [2.05, 4.69) is 10.0 Å². The number of methoxy groups -OCH3 is 3. The zero-order valence-electron chi connectivity index (χ0n) is 18.6. The van der Waals surface area contributed by atoms with E-state index in [4.69, 9.17) is 14.2 Å². The Morgan fingerprint density at radius 2 is 1.42 bits per heavy atom. The van der Waals surface area contributed by atoms with Crippen LogP contribution < -0.4 is 24.2 Å². The molecule has 9 heteroatoms. The zero-order chi connectivity index (χ0) is 23.8. The Bertz CT molecular complexity index is 1190. The molecule has 0 heterocycles. The molecule has 0 atom stereocenters. The van der Waals surface area contributed by atoms with Gasteiger partial charge in [-0.15, -0.1) is 0 Å². The second-order valence-corrected chi connectivity index (χ2v) is 8.78. The van der Waals surface area contributed by atoms with Gasteiger partial charge in [0.05, 0.1) is 26.2 Å². The van der Waals surface area contributed by atoms with Crippen LogP contribution in [0.2, 0.25) is 0 Å². The van der Waals surface area contributed by atoms with Gasteiger partial charge >= 0.3 is 0 Å². The third-order valence-electron chi connectivity index (χ3n) is 4.88. The van der Waals surface area contributed by atoms with Crippen LogP contribution in [0, 0.1) is 0 Å². The number of nitrogens with one attached hydrogen (secondary N) is 2. The van der Waals surface area contributed by atoms with Gasteiger partial charge in [-0.3, -0.25) is 9.52 Å². The zero-order valence-corrected chi connectivity index (χ0v) is 19.4. The molecule has 174 valence electrons. The molecule has 0 aliphatic rings. The summed E-state index contributed by atoms with van der Waals surface area (Å²) in [5, 5.41) is 2.78. The third kappa shape index (κ3) is 6.39. The van der Waals surface area contributed by atoms with E-state index in [1.165, 1.54) is 19.2 Å². The molecule has 2 N–H and O–H groups in total. The molecule has 0 saturated carbocycles. The van der Waals surface area contributed by atoms with Crippen molar-refractivity contribution in [1.29, 1.82) is 0 Å². The molecule has 3 aromatic carbocycles. The van der Waals surface area contributed by atoms with Crippen molar-refractivity contribution in [3.63, 3.8) is 0 Å². The highest BCUT2D eigenvalue weighted by Gasteiger charge is 2.15. The van der Waals surface area contributed by atoms with Crippen molar-refractivity contribution in [2.75, 3.05) is 31.4 Å². The minimum absolute atomic E-state index is 0.0849. The van der Waals surface area contributed by atoms with Gasteiger partial charge in [0.2, 0.25) is 5.91 Å². The summed E-state index contributed by atoms with van der Waals surface area (Å²) in [7, 11) is 0.901. The monoisotopic (exact) mass is 470 g/mol. The topological polar surface area (TPSA) is 103 Å². The number of ether oxygens (including phenoxy) is 3. The van der Waals surface area contributed by atoms with Crippen LogP contribution in [-0.4, -0.2) is 35.7 Å². The van der Waals surface area contributed by atoms with E-state index < -0.39 is 10.0 Å². The number of amides is 1. The number of aryl methyl sites for hydroxylation is 1. The lowest BCUT2D eigenvalue weighted by molar-refractivity contribution is -0.116. The van der Waals surface area contributed by atoms with Gasteiger partial charge in [0, 0.05) is 17.8 Å². The Kier molecular flexibility index (Phi) is 7.78. The molecule has 0 unspecified atom stereocenters. The maximum atomic E-state index is 12.6. The van der Waals surface area contributed by atoms with Gasteiger partial charge in [-0.1, -0.05) is 6.07 Å². The molecule has 3 aromatic rings. The first-order valence-corrected chi connectivity index (χ1v) is 11.6. The van der Waals surface area contributed by atoms with Crippen LogP contribution in [0.25, 0.3) is 0 Å². The molecular weight excluding hydrogens is 444 g/mol. The number of sulfonamides is 1. The van der Waals surface area contributed by atoms with Gasteiger partial charge in [-0.05, 0) is 72.6 Å². The highest BCUT2D eigenvalue weighted by Crippen LogP contribution is 2.28. The lowest BCUT2D eigenvalue weighted by Gasteiger charge is -2.11. The Labute approximate surface area is 193 Å². The average molecular weight is 471 g/mol. The van der Waals surface area contributed by atoms with Crippen molar-refractivity contribution in [2.24, 2.45) is 0 Å². The van der Waals surface area contributed by atoms with Gasteiger partial charge in [0.1, 0.15) is 5.75 Å². The fourth-order valence-corrected chi connectivity index (χ4v) is 4.17. The molecule has 0 bridgehead atoms. The van der Waals surface area contributed by atoms with E-state index >= 15 is 0 Å². The van der Waals surface area contributed by atoms with Gasteiger partial charge in [0.15, 0.2) is 11.5 Å². The van der Waals surface area contributed by atoms with E-state index in [0.29, 0.717) is 35.0 Å². The second-order valence-electron chi connectivity index (χ2n) is 7.10. The van der Waals surface area contributed by atoms with Crippen LogP contribution in [0.15, 0.2) is 71.6 Å². The molecule has 0 spiro atoms. The van der Waals surface area contributed by atoms with Gasteiger partial charge < -0.3 is 19.5 Å². The molecule has 0 aromatic heterocycles. The van der Waals surface area contributed by atoms with Gasteiger partial charge in [-0.2, -0.15) is 0 Å². The summed E-state index contributed by atoms with van der Waals surface area (Å²) >= 11 is 0. The molecule has 33 heavy (non-hydrogen) atoms. The Morgan fingerprint density at radius 1 is 0.788 bits per heavy atom. The number of hydrogen-bond acceptors (Lipinski definition) is 6. The summed E-state index contributed by atoms with van der Waals surface area (Å²) in [4.78, 5) is 12.4. The van der Waals surface area contributed by atoms with Crippen molar-refractivity contribution in [3.05, 3.63) is 72.3 Å². The van der Waals surface area contributed by atoms with E-state index in [0.717, 1.165) is 5.56 Å². The number of carbonyl (C=O) groups is 1. The predicted molar refractivity (Wildman–Crippen MR) is 127 cm³/mol.